The Morgan fingerprint density at radius 1 is 0.729 bits per heavy atom. The van der Waals surface area contributed by atoms with Crippen LogP contribution >= 0.6 is 0 Å². The average Bonchev–Trinajstić information content (AvgIpc) is 4.15. The number of anilines is 3. The van der Waals surface area contributed by atoms with Gasteiger partial charge in [0.05, 0.1) is 110 Å². The van der Waals surface area contributed by atoms with Crippen LogP contribution in [0.3, 0.4) is 0 Å². The summed E-state index contributed by atoms with van der Waals surface area (Å²) >= 11 is 0. The number of rotatable bonds is 28. The van der Waals surface area contributed by atoms with Crippen molar-refractivity contribution in [2.24, 2.45) is 0 Å². The summed E-state index contributed by atoms with van der Waals surface area (Å²) in [5, 5.41) is 17.1. The summed E-state index contributed by atoms with van der Waals surface area (Å²) in [6, 6.07) is 15.9. The minimum Gasteiger partial charge on any atom is -0.467 e. The molecule has 5 aromatic rings. The van der Waals surface area contributed by atoms with Gasteiger partial charge in [-0.2, -0.15) is 0 Å². The molecule has 6 heterocycles. The number of furan rings is 1. The van der Waals surface area contributed by atoms with Gasteiger partial charge in [0, 0.05) is 62.3 Å². The summed E-state index contributed by atoms with van der Waals surface area (Å²) in [7, 11) is 0. The van der Waals surface area contributed by atoms with E-state index in [9.17, 15) is 24.0 Å². The number of imide groups is 2. The van der Waals surface area contributed by atoms with Crippen LogP contribution in [0.5, 0.6) is 0 Å². The number of amides is 5. The van der Waals surface area contributed by atoms with Gasteiger partial charge in [0.15, 0.2) is 5.65 Å². The highest BCUT2D eigenvalue weighted by molar-refractivity contribution is 6.25. The lowest BCUT2D eigenvalue weighted by atomic mass is 10.0. The number of hydrogen-bond donors (Lipinski definition) is 3. The molecule has 8 rings (SSSR count). The van der Waals surface area contributed by atoms with Crippen molar-refractivity contribution in [2.75, 3.05) is 128 Å². The van der Waals surface area contributed by atoms with Crippen molar-refractivity contribution < 1.29 is 56.8 Å². The van der Waals surface area contributed by atoms with Gasteiger partial charge < -0.3 is 53.3 Å². The van der Waals surface area contributed by atoms with Gasteiger partial charge in [-0.3, -0.25) is 38.6 Å². The first-order valence-corrected chi connectivity index (χ1v) is 23.5. The summed E-state index contributed by atoms with van der Waals surface area (Å²) in [5.41, 5.74) is 4.53. The standard InChI is InChI=1S/C48H58N10O12/c59-41-11-10-40(45(61)53-41)58-46(62)37-4-1-5-39(43(37)47(58)63)49-13-20-65-22-24-67-26-28-69-30-29-68-27-25-66-23-21-64-19-12-42(60)56-16-14-55(15-17-56)35-8-6-34(7-9-35)38-32-51-48(57-33-52-54-44(38)57)50-31-36-3-2-18-70-36/h1-9,18,32-33,40,49H,10-17,19-31H2,(H,50,51)(H,53,59,61). The molecule has 0 spiro atoms. The Hall–Kier alpha value is -6.82. The van der Waals surface area contributed by atoms with Crippen LogP contribution in [0.1, 0.15) is 45.7 Å². The van der Waals surface area contributed by atoms with Crippen molar-refractivity contribution in [3.63, 3.8) is 0 Å². The van der Waals surface area contributed by atoms with Crippen LogP contribution in [-0.2, 0) is 49.3 Å². The molecular weight excluding hydrogens is 909 g/mol. The Bertz CT molecular complexity index is 2530. The number of aromatic nitrogens is 4. The van der Waals surface area contributed by atoms with E-state index >= 15 is 0 Å². The molecule has 22 heteroatoms. The van der Waals surface area contributed by atoms with Gasteiger partial charge in [0.25, 0.3) is 11.8 Å². The second kappa shape index (κ2) is 25.2. The van der Waals surface area contributed by atoms with Gasteiger partial charge in [-0.05, 0) is 48.4 Å². The quantitative estimate of drug-likeness (QED) is 0.0482. The highest BCUT2D eigenvalue weighted by atomic mass is 16.6. The van der Waals surface area contributed by atoms with Crippen LogP contribution in [0.4, 0.5) is 17.3 Å². The van der Waals surface area contributed by atoms with E-state index in [1.807, 2.05) is 21.4 Å². The van der Waals surface area contributed by atoms with Crippen LogP contribution in [-0.4, -0.2) is 177 Å². The maximum absolute atomic E-state index is 13.2. The van der Waals surface area contributed by atoms with Crippen molar-refractivity contribution >= 4 is 52.5 Å². The number of benzene rings is 2. The summed E-state index contributed by atoms with van der Waals surface area (Å²) < 4.78 is 40.7. The third-order valence-corrected chi connectivity index (χ3v) is 11.9. The number of piperidine rings is 1. The van der Waals surface area contributed by atoms with Crippen molar-refractivity contribution in [3.05, 3.63) is 90.3 Å². The number of carbonyl (C=O) groups is 5. The molecule has 1 atom stereocenters. The molecule has 1 unspecified atom stereocenters. The molecule has 2 saturated heterocycles. The molecule has 3 N–H and O–H groups in total. The lowest BCUT2D eigenvalue weighted by molar-refractivity contribution is -0.136. The lowest BCUT2D eigenvalue weighted by Crippen LogP contribution is -2.54. The van der Waals surface area contributed by atoms with Gasteiger partial charge >= 0.3 is 0 Å². The minimum absolute atomic E-state index is 0.0590. The molecule has 0 saturated carbocycles. The van der Waals surface area contributed by atoms with Gasteiger partial charge in [-0.15, -0.1) is 10.2 Å². The first-order chi connectivity index (χ1) is 34.4. The summed E-state index contributed by atoms with van der Waals surface area (Å²) in [4.78, 5) is 72.7. The number of nitrogens with one attached hydrogen (secondary N) is 3. The topological polar surface area (TPSA) is 243 Å². The normalized spacial score (nSPS) is 16.1. The molecule has 22 nitrogen and oxygen atoms in total. The van der Waals surface area contributed by atoms with E-state index in [0.717, 1.165) is 40.6 Å². The number of fused-ring (bicyclic) bond motifs is 2. The molecule has 372 valence electrons. The molecule has 0 aliphatic carbocycles. The molecule has 3 aromatic heterocycles. The Balaban J connectivity index is 0.584. The third kappa shape index (κ3) is 12.9. The predicted molar refractivity (Wildman–Crippen MR) is 252 cm³/mol. The van der Waals surface area contributed by atoms with Crippen molar-refractivity contribution in [2.45, 2.75) is 31.8 Å². The zero-order valence-corrected chi connectivity index (χ0v) is 38.9. The largest absolute Gasteiger partial charge is 0.467 e. The van der Waals surface area contributed by atoms with Crippen molar-refractivity contribution in [1.29, 1.82) is 0 Å². The second-order valence-corrected chi connectivity index (χ2v) is 16.4. The average molecular weight is 967 g/mol. The fourth-order valence-corrected chi connectivity index (χ4v) is 8.24. The monoisotopic (exact) mass is 966 g/mol. The fourth-order valence-electron chi connectivity index (χ4n) is 8.24. The number of ether oxygens (including phenoxy) is 6. The van der Waals surface area contributed by atoms with E-state index in [0.29, 0.717) is 129 Å². The van der Waals surface area contributed by atoms with E-state index < -0.39 is 29.7 Å². The van der Waals surface area contributed by atoms with Gasteiger partial charge in [-0.1, -0.05) is 18.2 Å². The molecular formula is C48H58N10O12. The number of nitrogens with zero attached hydrogens (tertiary/aromatic N) is 7. The minimum atomic E-state index is -1.02. The van der Waals surface area contributed by atoms with E-state index in [1.165, 1.54) is 0 Å². The summed E-state index contributed by atoms with van der Waals surface area (Å²) in [6.07, 6.45) is 5.55. The van der Waals surface area contributed by atoms with E-state index in [2.05, 4.69) is 60.3 Å². The van der Waals surface area contributed by atoms with Crippen LogP contribution in [0.25, 0.3) is 16.8 Å². The Labute approximate surface area is 403 Å². The van der Waals surface area contributed by atoms with Gasteiger partial charge in [0.1, 0.15) is 18.1 Å². The van der Waals surface area contributed by atoms with Crippen LogP contribution in [0, 0.1) is 0 Å². The first kappa shape index (κ1) is 49.6. The van der Waals surface area contributed by atoms with Gasteiger partial charge in [0.2, 0.25) is 23.7 Å². The fraction of sp³-hybridized carbons (Fsp3) is 0.458. The number of hydrogen-bond acceptors (Lipinski definition) is 18. The van der Waals surface area contributed by atoms with Crippen LogP contribution in [0.2, 0.25) is 0 Å². The molecule has 3 aliphatic rings. The van der Waals surface area contributed by atoms with Crippen molar-refractivity contribution in [1.82, 2.24) is 34.7 Å². The van der Waals surface area contributed by atoms with E-state index in [4.69, 9.17) is 32.8 Å². The molecule has 70 heavy (non-hydrogen) atoms. The summed E-state index contributed by atoms with van der Waals surface area (Å²) in [6.45, 7) is 8.32. The third-order valence-electron chi connectivity index (χ3n) is 11.9. The van der Waals surface area contributed by atoms with Crippen LogP contribution in [0.15, 0.2) is 77.8 Å². The zero-order valence-electron chi connectivity index (χ0n) is 38.9. The molecule has 2 aromatic carbocycles. The number of carbonyl (C=O) groups excluding carboxylic acids is 5. The molecule has 2 fully saturated rings. The number of piperazine rings is 1. The maximum Gasteiger partial charge on any atom is 0.264 e. The van der Waals surface area contributed by atoms with Crippen molar-refractivity contribution in [3.8, 4) is 11.1 Å². The SMILES string of the molecule is O=C1CCC(N2C(=O)c3cccc(NCCOCCOCCOCCOCCOCCOCCC(=O)N4CCN(c5ccc(-c6cnc(NCc7ccco7)n7cnnc67)cc5)CC4)c3C2=O)C(=O)N1. The maximum atomic E-state index is 13.2. The highest BCUT2D eigenvalue weighted by Crippen LogP contribution is 2.32. The molecule has 0 bridgehead atoms. The van der Waals surface area contributed by atoms with Crippen LogP contribution < -0.4 is 20.9 Å². The highest BCUT2D eigenvalue weighted by Gasteiger charge is 2.45. The van der Waals surface area contributed by atoms with E-state index in [1.54, 1.807) is 37.0 Å². The lowest BCUT2D eigenvalue weighted by Gasteiger charge is -2.36. The first-order valence-electron chi connectivity index (χ1n) is 23.5. The molecule has 3 aliphatic heterocycles. The van der Waals surface area contributed by atoms with Gasteiger partial charge in [-0.25, -0.2) is 4.98 Å². The smallest absolute Gasteiger partial charge is 0.264 e. The molecule has 5 amide bonds. The second-order valence-electron chi connectivity index (χ2n) is 16.4. The predicted octanol–water partition coefficient (Wildman–Crippen LogP) is 2.65. The Morgan fingerprint density at radius 2 is 1.40 bits per heavy atom. The van der Waals surface area contributed by atoms with E-state index in [-0.39, 0.29) is 29.9 Å². The Morgan fingerprint density at radius 3 is 2.06 bits per heavy atom. The zero-order chi connectivity index (χ0) is 48.5. The summed E-state index contributed by atoms with van der Waals surface area (Å²) in [5.74, 6) is -0.687. The Kier molecular flexibility index (Phi) is 17.8. The molecule has 0 radical (unpaired) electrons.